The van der Waals surface area contributed by atoms with Gasteiger partial charge >= 0.3 is 0 Å². The molecule has 1 aromatic heterocycles. The van der Waals surface area contributed by atoms with Gasteiger partial charge in [-0.05, 0) is 79.9 Å². The summed E-state index contributed by atoms with van der Waals surface area (Å²) in [6.07, 6.45) is 6.28. The van der Waals surface area contributed by atoms with Crippen molar-refractivity contribution in [3.8, 4) is 5.75 Å². The maximum absolute atomic E-state index is 14.1. The first kappa shape index (κ1) is 28.2. The fourth-order valence-electron chi connectivity index (χ4n) is 6.84. The van der Waals surface area contributed by atoms with Crippen LogP contribution >= 0.6 is 0 Å². The van der Waals surface area contributed by atoms with Crippen molar-refractivity contribution in [2.75, 3.05) is 46.9 Å². The van der Waals surface area contributed by atoms with E-state index in [2.05, 4.69) is 26.7 Å². The van der Waals surface area contributed by atoms with E-state index in [0.29, 0.717) is 19.1 Å². The number of methoxy groups -OCH3 is 1. The predicted molar refractivity (Wildman–Crippen MR) is 159 cm³/mol. The van der Waals surface area contributed by atoms with Crippen molar-refractivity contribution in [3.63, 3.8) is 0 Å². The minimum atomic E-state index is -3.85. The minimum absolute atomic E-state index is 0.0838. The molecule has 1 aliphatic carbocycles. The van der Waals surface area contributed by atoms with E-state index in [1.807, 2.05) is 42.6 Å². The van der Waals surface area contributed by atoms with E-state index in [4.69, 9.17) is 4.74 Å². The summed E-state index contributed by atoms with van der Waals surface area (Å²) < 4.78 is 37.0. The van der Waals surface area contributed by atoms with Crippen molar-refractivity contribution in [2.45, 2.75) is 61.7 Å². The highest BCUT2D eigenvalue weighted by Gasteiger charge is 2.38. The minimum Gasteiger partial charge on any atom is -0.497 e. The molecule has 1 amide bonds. The van der Waals surface area contributed by atoms with E-state index < -0.39 is 16.1 Å². The molecular formula is C31H41N5O4S. The summed E-state index contributed by atoms with van der Waals surface area (Å²) >= 11 is 0. The second-order valence-electron chi connectivity index (χ2n) is 11.8. The van der Waals surface area contributed by atoms with Crippen LogP contribution in [0.15, 0.2) is 59.6 Å². The van der Waals surface area contributed by atoms with Gasteiger partial charge in [0, 0.05) is 69.7 Å². The Labute approximate surface area is 243 Å². The zero-order valence-corrected chi connectivity index (χ0v) is 24.9. The average molecular weight is 580 g/mol. The van der Waals surface area contributed by atoms with Gasteiger partial charge in [0.15, 0.2) is 0 Å². The molecule has 3 unspecified atom stereocenters. The number of nitrogens with zero attached hydrogens (tertiary/aromatic N) is 4. The number of nitrogens with one attached hydrogen (secondary N) is 1. The molecule has 3 heterocycles. The molecule has 0 radical (unpaired) electrons. The number of amides is 1. The van der Waals surface area contributed by atoms with Crippen LogP contribution in [0.25, 0.3) is 10.8 Å². The first-order valence-corrected chi connectivity index (χ1v) is 16.2. The number of ether oxygens (including phenoxy) is 1. The van der Waals surface area contributed by atoms with Crippen LogP contribution in [0.3, 0.4) is 0 Å². The highest BCUT2D eigenvalue weighted by molar-refractivity contribution is 7.89. The zero-order valence-electron chi connectivity index (χ0n) is 24.0. The van der Waals surface area contributed by atoms with Gasteiger partial charge in [-0.2, -0.15) is 4.31 Å². The monoisotopic (exact) mass is 579 g/mol. The van der Waals surface area contributed by atoms with Gasteiger partial charge in [-0.3, -0.25) is 9.69 Å². The summed E-state index contributed by atoms with van der Waals surface area (Å²) in [6, 6.07) is 14.7. The summed E-state index contributed by atoms with van der Waals surface area (Å²) in [5.41, 5.74) is 0.861. The Hall–Kier alpha value is -2.92. The average Bonchev–Trinajstić information content (AvgIpc) is 3.47. The second-order valence-corrected chi connectivity index (χ2v) is 13.7. The second kappa shape index (κ2) is 11.8. The molecule has 3 aromatic rings. The number of sulfonamides is 1. The van der Waals surface area contributed by atoms with Crippen LogP contribution in [0.2, 0.25) is 0 Å². The molecule has 0 bridgehead atoms. The first-order valence-electron chi connectivity index (χ1n) is 14.8. The molecule has 6 rings (SSSR count). The lowest BCUT2D eigenvalue weighted by Crippen LogP contribution is -2.52. The topological polar surface area (TPSA) is 87.1 Å². The van der Waals surface area contributed by atoms with Crippen LogP contribution in [0.5, 0.6) is 5.75 Å². The number of aromatic nitrogens is 1. The molecule has 220 valence electrons. The number of piperazine rings is 1. The zero-order chi connectivity index (χ0) is 28.6. The van der Waals surface area contributed by atoms with Gasteiger partial charge in [0.1, 0.15) is 5.75 Å². The molecular weight excluding hydrogens is 538 g/mol. The largest absolute Gasteiger partial charge is 0.497 e. The van der Waals surface area contributed by atoms with Gasteiger partial charge in [-0.25, -0.2) is 8.42 Å². The van der Waals surface area contributed by atoms with Crippen LogP contribution < -0.4 is 10.1 Å². The maximum Gasteiger partial charge on any atom is 0.243 e. The lowest BCUT2D eigenvalue weighted by molar-refractivity contribution is -0.123. The number of hydrogen-bond donors (Lipinski definition) is 1. The lowest BCUT2D eigenvalue weighted by atomic mass is 9.89. The van der Waals surface area contributed by atoms with E-state index in [-0.39, 0.29) is 23.3 Å². The van der Waals surface area contributed by atoms with Crippen LogP contribution in [-0.4, -0.2) is 92.0 Å². The Morgan fingerprint density at radius 3 is 2.56 bits per heavy atom. The third kappa shape index (κ3) is 5.88. The number of rotatable bonds is 7. The van der Waals surface area contributed by atoms with Gasteiger partial charge in [-0.1, -0.05) is 12.1 Å². The molecule has 41 heavy (non-hydrogen) atoms. The van der Waals surface area contributed by atoms with Gasteiger partial charge in [-0.15, -0.1) is 0 Å². The number of likely N-dealkylation sites (N-methyl/N-ethyl adjacent to an activating group) is 1. The molecule has 1 saturated heterocycles. The number of carbonyl (C=O) groups is 1. The molecule has 1 N–H and O–H groups in total. The van der Waals surface area contributed by atoms with E-state index >= 15 is 0 Å². The molecule has 9 nitrogen and oxygen atoms in total. The van der Waals surface area contributed by atoms with Crippen molar-refractivity contribution in [3.05, 3.63) is 60.4 Å². The van der Waals surface area contributed by atoms with Crippen molar-refractivity contribution in [1.29, 1.82) is 0 Å². The first-order chi connectivity index (χ1) is 19.8. The van der Waals surface area contributed by atoms with E-state index in [9.17, 15) is 13.2 Å². The number of hydrogen-bond acceptors (Lipinski definition) is 6. The normalized spacial score (nSPS) is 24.7. The highest BCUT2D eigenvalue weighted by atomic mass is 32.2. The number of carbonyl (C=O) groups excluding carboxylic acids is 1. The Bertz CT molecular complexity index is 1500. The van der Waals surface area contributed by atoms with Crippen molar-refractivity contribution >= 4 is 26.7 Å². The van der Waals surface area contributed by atoms with Crippen molar-refractivity contribution in [1.82, 2.24) is 24.0 Å². The van der Waals surface area contributed by atoms with Gasteiger partial charge in [0.25, 0.3) is 0 Å². The smallest absolute Gasteiger partial charge is 0.243 e. The van der Waals surface area contributed by atoms with Gasteiger partial charge in [0.05, 0.1) is 18.0 Å². The molecule has 2 fully saturated rings. The van der Waals surface area contributed by atoms with Gasteiger partial charge in [0.2, 0.25) is 15.9 Å². The SMILES string of the molecule is COc1ccc2cc(S(=O)(=O)N3CCn4cccc4C3CC(=O)NC3CCCC(N4CCN(C)CC4)C3)ccc2c1. The third-order valence-electron chi connectivity index (χ3n) is 9.19. The van der Waals surface area contributed by atoms with Crippen LogP contribution in [0.1, 0.15) is 43.8 Å². The Kier molecular flexibility index (Phi) is 8.09. The molecule has 2 aromatic carbocycles. The molecule has 0 spiro atoms. The summed E-state index contributed by atoms with van der Waals surface area (Å²) in [6.45, 7) is 5.21. The molecule has 3 aliphatic rings. The molecule has 1 saturated carbocycles. The van der Waals surface area contributed by atoms with Crippen LogP contribution in [0.4, 0.5) is 0 Å². The molecule has 10 heteroatoms. The van der Waals surface area contributed by atoms with Crippen LogP contribution in [0, 0.1) is 0 Å². The highest BCUT2D eigenvalue weighted by Crippen LogP contribution is 2.35. The fourth-order valence-corrected chi connectivity index (χ4v) is 8.46. The quantitative estimate of drug-likeness (QED) is 0.462. The molecule has 3 atom stereocenters. The fraction of sp³-hybridized carbons (Fsp3) is 0.516. The standard InChI is InChI=1S/C31H41N5O4S/c1-33-13-15-34(16-14-33)26-6-3-5-25(21-26)32-31(37)22-30-29-7-4-12-35(29)17-18-36(30)41(38,39)28-11-9-23-19-27(40-2)10-8-24(23)20-28/h4,7-12,19-20,25-26,30H,3,5-6,13-18,21-22H2,1-2H3,(H,32,37). The Morgan fingerprint density at radius 2 is 1.76 bits per heavy atom. The lowest BCUT2D eigenvalue weighted by Gasteiger charge is -2.42. The number of fused-ring (bicyclic) bond motifs is 2. The van der Waals surface area contributed by atoms with Crippen molar-refractivity contribution in [2.24, 2.45) is 0 Å². The summed E-state index contributed by atoms with van der Waals surface area (Å²) in [4.78, 5) is 18.7. The van der Waals surface area contributed by atoms with Gasteiger partial charge < -0.3 is 19.5 Å². The van der Waals surface area contributed by atoms with Crippen LogP contribution in [-0.2, 0) is 21.4 Å². The van der Waals surface area contributed by atoms with Crippen molar-refractivity contribution < 1.29 is 17.9 Å². The maximum atomic E-state index is 14.1. The summed E-state index contributed by atoms with van der Waals surface area (Å²) in [5, 5.41) is 5.03. The van der Waals surface area contributed by atoms with E-state index in [0.717, 1.165) is 67.7 Å². The summed E-state index contributed by atoms with van der Waals surface area (Å²) in [7, 11) is -0.0632. The Morgan fingerprint density at radius 1 is 0.976 bits per heavy atom. The summed E-state index contributed by atoms with van der Waals surface area (Å²) in [5.74, 6) is 0.642. The third-order valence-corrected chi connectivity index (χ3v) is 11.1. The van der Waals surface area contributed by atoms with E-state index in [1.54, 1.807) is 19.2 Å². The number of benzene rings is 2. The molecule has 2 aliphatic heterocycles. The van der Waals surface area contributed by atoms with E-state index in [1.165, 1.54) is 10.7 Å². The predicted octanol–water partition coefficient (Wildman–Crippen LogP) is 3.46. The Balaban J connectivity index is 1.19.